The van der Waals surface area contributed by atoms with Crippen LogP contribution in [0.3, 0.4) is 0 Å². The number of ether oxygens (including phenoxy) is 2. The summed E-state index contributed by atoms with van der Waals surface area (Å²) in [6, 6.07) is 2.34. The molecule has 1 aliphatic heterocycles. The number of hydrogen-bond donors (Lipinski definition) is 0. The zero-order valence-corrected chi connectivity index (χ0v) is 12.5. The third kappa shape index (κ3) is 3.66. The van der Waals surface area contributed by atoms with Crippen LogP contribution in [0.2, 0.25) is 0 Å². The molecule has 116 valence electrons. The average molecular weight is 293 g/mol. The van der Waals surface area contributed by atoms with Gasteiger partial charge in [0.15, 0.2) is 0 Å². The minimum atomic E-state index is -0.291. The standard InChI is InChI=1S/C16H23NO4/c1-2-20-16(18)14-6-8-21-15(14)10-17(13-3-4-13)9-12-5-7-19-11-12/h6,8,12-13H,2-5,7,9-11H2,1H3/t12-/m1/s1. The third-order valence-corrected chi connectivity index (χ3v) is 4.17. The van der Waals surface area contributed by atoms with Gasteiger partial charge in [0.05, 0.1) is 26.0 Å². The van der Waals surface area contributed by atoms with E-state index >= 15 is 0 Å². The summed E-state index contributed by atoms with van der Waals surface area (Å²) in [4.78, 5) is 14.3. The molecule has 3 rings (SSSR count). The molecule has 1 atom stereocenters. The summed E-state index contributed by atoms with van der Waals surface area (Å²) >= 11 is 0. The van der Waals surface area contributed by atoms with Crippen molar-refractivity contribution in [2.45, 2.75) is 38.8 Å². The molecule has 0 aromatic carbocycles. The van der Waals surface area contributed by atoms with Gasteiger partial charge in [0, 0.05) is 19.2 Å². The second kappa shape index (κ2) is 6.62. The lowest BCUT2D eigenvalue weighted by atomic mass is 10.1. The first kappa shape index (κ1) is 14.6. The van der Waals surface area contributed by atoms with Gasteiger partial charge in [-0.3, -0.25) is 4.90 Å². The molecule has 1 aromatic heterocycles. The van der Waals surface area contributed by atoms with Gasteiger partial charge >= 0.3 is 5.97 Å². The molecule has 2 heterocycles. The maximum absolute atomic E-state index is 11.9. The Morgan fingerprint density at radius 1 is 1.43 bits per heavy atom. The van der Waals surface area contributed by atoms with Crippen molar-refractivity contribution in [1.29, 1.82) is 0 Å². The lowest BCUT2D eigenvalue weighted by Crippen LogP contribution is -2.31. The van der Waals surface area contributed by atoms with Crippen LogP contribution in [-0.4, -0.2) is 43.3 Å². The number of furan rings is 1. The summed E-state index contributed by atoms with van der Waals surface area (Å²) < 4.78 is 16.1. The summed E-state index contributed by atoms with van der Waals surface area (Å²) in [5.74, 6) is 1.03. The van der Waals surface area contributed by atoms with Crippen molar-refractivity contribution >= 4 is 5.97 Å². The topological polar surface area (TPSA) is 51.9 Å². The van der Waals surface area contributed by atoms with E-state index in [0.29, 0.717) is 30.7 Å². The minimum absolute atomic E-state index is 0.291. The van der Waals surface area contributed by atoms with E-state index in [2.05, 4.69) is 4.90 Å². The molecule has 5 heteroatoms. The van der Waals surface area contributed by atoms with E-state index in [1.165, 1.54) is 12.8 Å². The van der Waals surface area contributed by atoms with Crippen LogP contribution in [0.25, 0.3) is 0 Å². The maximum Gasteiger partial charge on any atom is 0.341 e. The molecule has 2 fully saturated rings. The SMILES string of the molecule is CCOC(=O)c1ccoc1CN(C[C@H]1CCOC1)C1CC1. The maximum atomic E-state index is 11.9. The van der Waals surface area contributed by atoms with E-state index in [9.17, 15) is 4.79 Å². The zero-order chi connectivity index (χ0) is 14.7. The fraction of sp³-hybridized carbons (Fsp3) is 0.688. The van der Waals surface area contributed by atoms with E-state index in [1.54, 1.807) is 12.3 Å². The van der Waals surface area contributed by atoms with Gasteiger partial charge in [0.25, 0.3) is 0 Å². The van der Waals surface area contributed by atoms with E-state index in [4.69, 9.17) is 13.9 Å². The molecule has 1 aromatic rings. The van der Waals surface area contributed by atoms with Crippen LogP contribution in [0.1, 0.15) is 42.3 Å². The smallest absolute Gasteiger partial charge is 0.341 e. The highest BCUT2D eigenvalue weighted by Gasteiger charge is 2.33. The largest absolute Gasteiger partial charge is 0.467 e. The Bertz CT molecular complexity index is 474. The Kier molecular flexibility index (Phi) is 4.60. The van der Waals surface area contributed by atoms with Crippen molar-refractivity contribution in [3.8, 4) is 0 Å². The zero-order valence-electron chi connectivity index (χ0n) is 12.5. The molecule has 1 aliphatic carbocycles. The highest BCUT2D eigenvalue weighted by atomic mass is 16.5. The molecule has 0 amide bonds. The Balaban J connectivity index is 1.65. The van der Waals surface area contributed by atoms with Gasteiger partial charge in [-0.2, -0.15) is 0 Å². The third-order valence-electron chi connectivity index (χ3n) is 4.17. The summed E-state index contributed by atoms with van der Waals surface area (Å²) in [6.07, 6.45) is 5.18. The second-order valence-corrected chi connectivity index (χ2v) is 5.87. The molecule has 0 N–H and O–H groups in total. The number of rotatable bonds is 7. The van der Waals surface area contributed by atoms with Crippen molar-refractivity contribution < 1.29 is 18.7 Å². The predicted octanol–water partition coefficient (Wildman–Crippen LogP) is 2.46. The molecule has 0 unspecified atom stereocenters. The molecule has 1 saturated carbocycles. The molecular formula is C16H23NO4. The van der Waals surface area contributed by atoms with Gasteiger partial charge in [-0.15, -0.1) is 0 Å². The summed E-state index contributed by atoms with van der Waals surface area (Å²) in [5, 5.41) is 0. The number of carbonyl (C=O) groups is 1. The van der Waals surface area contributed by atoms with Crippen molar-refractivity contribution in [2.24, 2.45) is 5.92 Å². The van der Waals surface area contributed by atoms with Crippen LogP contribution in [0.15, 0.2) is 16.7 Å². The minimum Gasteiger partial charge on any atom is -0.467 e. The first-order valence-corrected chi connectivity index (χ1v) is 7.83. The first-order valence-electron chi connectivity index (χ1n) is 7.83. The van der Waals surface area contributed by atoms with Gasteiger partial charge in [-0.1, -0.05) is 0 Å². The Morgan fingerprint density at radius 2 is 2.29 bits per heavy atom. The Labute approximate surface area is 125 Å². The molecule has 0 bridgehead atoms. The number of nitrogens with zero attached hydrogens (tertiary/aromatic N) is 1. The quantitative estimate of drug-likeness (QED) is 0.723. The Morgan fingerprint density at radius 3 is 2.95 bits per heavy atom. The normalized spacial score (nSPS) is 21.9. The van der Waals surface area contributed by atoms with Crippen LogP contribution >= 0.6 is 0 Å². The summed E-state index contributed by atoms with van der Waals surface area (Å²) in [7, 11) is 0. The van der Waals surface area contributed by atoms with E-state index in [0.717, 1.165) is 31.9 Å². The van der Waals surface area contributed by atoms with E-state index in [1.807, 2.05) is 6.92 Å². The number of esters is 1. The van der Waals surface area contributed by atoms with Crippen molar-refractivity contribution in [1.82, 2.24) is 4.90 Å². The van der Waals surface area contributed by atoms with Crippen LogP contribution < -0.4 is 0 Å². The van der Waals surface area contributed by atoms with Gasteiger partial charge in [0.2, 0.25) is 0 Å². The average Bonchev–Trinajstić information content (AvgIpc) is 2.99. The highest BCUT2D eigenvalue weighted by Crippen LogP contribution is 2.31. The van der Waals surface area contributed by atoms with E-state index < -0.39 is 0 Å². The molecule has 21 heavy (non-hydrogen) atoms. The molecule has 1 saturated heterocycles. The molecule has 0 spiro atoms. The first-order chi connectivity index (χ1) is 10.3. The Hall–Kier alpha value is -1.33. The highest BCUT2D eigenvalue weighted by molar-refractivity contribution is 5.90. The van der Waals surface area contributed by atoms with Gasteiger partial charge < -0.3 is 13.9 Å². The number of carbonyl (C=O) groups excluding carboxylic acids is 1. The van der Waals surface area contributed by atoms with Crippen LogP contribution in [0.5, 0.6) is 0 Å². The fourth-order valence-electron chi connectivity index (χ4n) is 2.88. The summed E-state index contributed by atoms with van der Waals surface area (Å²) in [5.41, 5.74) is 0.560. The molecule has 0 radical (unpaired) electrons. The van der Waals surface area contributed by atoms with Gasteiger partial charge in [-0.05, 0) is 38.2 Å². The number of hydrogen-bond acceptors (Lipinski definition) is 5. The molecule has 2 aliphatic rings. The predicted molar refractivity (Wildman–Crippen MR) is 77.0 cm³/mol. The van der Waals surface area contributed by atoms with Gasteiger partial charge in [-0.25, -0.2) is 4.79 Å². The van der Waals surface area contributed by atoms with Crippen LogP contribution in [0.4, 0.5) is 0 Å². The van der Waals surface area contributed by atoms with E-state index in [-0.39, 0.29) is 5.97 Å². The van der Waals surface area contributed by atoms with Crippen molar-refractivity contribution in [3.63, 3.8) is 0 Å². The molecular weight excluding hydrogens is 270 g/mol. The van der Waals surface area contributed by atoms with Crippen molar-refractivity contribution in [2.75, 3.05) is 26.4 Å². The summed E-state index contributed by atoms with van der Waals surface area (Å²) in [6.45, 7) is 5.63. The fourth-order valence-corrected chi connectivity index (χ4v) is 2.88. The molecule has 5 nitrogen and oxygen atoms in total. The van der Waals surface area contributed by atoms with Crippen LogP contribution in [0, 0.1) is 5.92 Å². The monoisotopic (exact) mass is 293 g/mol. The van der Waals surface area contributed by atoms with Crippen molar-refractivity contribution in [3.05, 3.63) is 23.7 Å². The van der Waals surface area contributed by atoms with Crippen LogP contribution in [-0.2, 0) is 16.0 Å². The lowest BCUT2D eigenvalue weighted by Gasteiger charge is -2.24. The second-order valence-electron chi connectivity index (χ2n) is 5.87. The lowest BCUT2D eigenvalue weighted by molar-refractivity contribution is 0.0521. The van der Waals surface area contributed by atoms with Gasteiger partial charge in [0.1, 0.15) is 11.3 Å².